The normalized spacial score (nSPS) is 10.9. The van der Waals surface area contributed by atoms with Crippen LogP contribution in [0.25, 0.3) is 22.2 Å². The number of fused-ring (bicyclic) bond motifs is 1. The summed E-state index contributed by atoms with van der Waals surface area (Å²) < 4.78 is 2.05. The maximum atomic E-state index is 11.3. The van der Waals surface area contributed by atoms with Crippen molar-refractivity contribution >= 4 is 33.9 Å². The minimum atomic E-state index is -0.483. The maximum absolute atomic E-state index is 11.3. The molecule has 0 bridgehead atoms. The summed E-state index contributed by atoms with van der Waals surface area (Å²) in [6.45, 7) is 1.64. The molecule has 8 nitrogen and oxygen atoms in total. The molecule has 0 unspecified atom stereocenters. The predicted octanol–water partition coefficient (Wildman–Crippen LogP) is 4.18. The minimum absolute atomic E-state index is 0.116. The number of nitrogen functional groups attached to an aromatic ring is 1. The lowest BCUT2D eigenvalue weighted by atomic mass is 10.1. The van der Waals surface area contributed by atoms with Crippen molar-refractivity contribution in [2.24, 2.45) is 7.05 Å². The first kappa shape index (κ1) is 17.5. The van der Waals surface area contributed by atoms with Gasteiger partial charge in [-0.3, -0.25) is 10.1 Å². The van der Waals surface area contributed by atoms with E-state index in [-0.39, 0.29) is 11.4 Å². The highest BCUT2D eigenvalue weighted by atomic mass is 16.6. The van der Waals surface area contributed by atoms with E-state index in [0.717, 1.165) is 22.2 Å². The zero-order valence-electron chi connectivity index (χ0n) is 15.4. The number of para-hydroxylation sites is 1. The van der Waals surface area contributed by atoms with Crippen LogP contribution in [0.1, 0.15) is 5.56 Å². The summed E-state index contributed by atoms with van der Waals surface area (Å²) in [4.78, 5) is 19.7. The van der Waals surface area contributed by atoms with Gasteiger partial charge in [0.1, 0.15) is 5.69 Å². The fraction of sp³-hybridized carbons (Fsp3) is 0.100. The van der Waals surface area contributed by atoms with Crippen molar-refractivity contribution < 1.29 is 4.92 Å². The molecule has 0 radical (unpaired) electrons. The molecule has 0 spiro atoms. The number of hydrogen-bond acceptors (Lipinski definition) is 6. The van der Waals surface area contributed by atoms with Crippen LogP contribution in [0.3, 0.4) is 0 Å². The van der Waals surface area contributed by atoms with Crippen LogP contribution in [0.2, 0.25) is 0 Å². The summed E-state index contributed by atoms with van der Waals surface area (Å²) >= 11 is 0. The highest BCUT2D eigenvalue weighted by Gasteiger charge is 2.19. The average molecular weight is 374 g/mol. The van der Waals surface area contributed by atoms with Crippen LogP contribution in [0.15, 0.2) is 54.9 Å². The summed E-state index contributed by atoms with van der Waals surface area (Å²) in [5.74, 6) is 0.354. The molecular weight excluding hydrogens is 356 g/mol. The zero-order valence-corrected chi connectivity index (χ0v) is 15.4. The third-order valence-electron chi connectivity index (χ3n) is 4.72. The van der Waals surface area contributed by atoms with E-state index in [1.807, 2.05) is 42.1 Å². The Kier molecular flexibility index (Phi) is 4.15. The van der Waals surface area contributed by atoms with Crippen molar-refractivity contribution in [3.05, 3.63) is 70.5 Å². The standard InChI is InChI=1S/C20H18N6O2/c1-12-16(8-7-15(21)19(12)26(27)28)23-20-22-10-9-17(24-20)14-11-25(2)18-6-4-3-5-13(14)18/h3-11H,21H2,1-2H3,(H,22,23,24). The van der Waals surface area contributed by atoms with Gasteiger partial charge in [-0.25, -0.2) is 9.97 Å². The molecule has 0 atom stereocenters. The molecule has 0 fully saturated rings. The van der Waals surface area contributed by atoms with E-state index in [9.17, 15) is 10.1 Å². The van der Waals surface area contributed by atoms with Crippen LogP contribution < -0.4 is 11.1 Å². The van der Waals surface area contributed by atoms with Gasteiger partial charge >= 0.3 is 0 Å². The number of rotatable bonds is 4. The van der Waals surface area contributed by atoms with Crippen LogP contribution in [0.5, 0.6) is 0 Å². The van der Waals surface area contributed by atoms with Gasteiger partial charge in [0.05, 0.1) is 21.9 Å². The van der Waals surface area contributed by atoms with E-state index in [1.165, 1.54) is 6.07 Å². The van der Waals surface area contributed by atoms with E-state index < -0.39 is 4.92 Å². The Hall–Kier alpha value is -3.94. The smallest absolute Gasteiger partial charge is 0.297 e. The fourth-order valence-corrected chi connectivity index (χ4v) is 3.33. The topological polar surface area (TPSA) is 112 Å². The lowest BCUT2D eigenvalue weighted by Gasteiger charge is -2.10. The second-order valence-electron chi connectivity index (χ2n) is 6.49. The molecule has 8 heteroatoms. The number of anilines is 3. The summed E-state index contributed by atoms with van der Waals surface area (Å²) in [7, 11) is 1.99. The van der Waals surface area contributed by atoms with Gasteiger partial charge in [0.25, 0.3) is 5.69 Å². The van der Waals surface area contributed by atoms with Crippen LogP contribution in [0, 0.1) is 17.0 Å². The molecule has 4 aromatic rings. The summed E-state index contributed by atoms with van der Waals surface area (Å²) in [6, 6.07) is 13.1. The van der Waals surface area contributed by atoms with Gasteiger partial charge in [-0.15, -0.1) is 0 Å². The van der Waals surface area contributed by atoms with Crippen molar-refractivity contribution in [3.8, 4) is 11.3 Å². The van der Waals surface area contributed by atoms with Crippen molar-refractivity contribution in [2.75, 3.05) is 11.1 Å². The number of aromatic nitrogens is 3. The summed E-state index contributed by atoms with van der Waals surface area (Å²) in [6.07, 6.45) is 3.68. The van der Waals surface area contributed by atoms with E-state index in [2.05, 4.69) is 21.4 Å². The van der Waals surface area contributed by atoms with Gasteiger partial charge in [0.2, 0.25) is 5.95 Å². The molecule has 0 amide bonds. The number of nitro groups is 1. The van der Waals surface area contributed by atoms with Crippen molar-refractivity contribution in [1.29, 1.82) is 0 Å². The van der Waals surface area contributed by atoms with Crippen LogP contribution in [0.4, 0.5) is 23.0 Å². The Balaban J connectivity index is 1.74. The average Bonchev–Trinajstić information content (AvgIpc) is 3.01. The van der Waals surface area contributed by atoms with Crippen molar-refractivity contribution in [3.63, 3.8) is 0 Å². The quantitative estimate of drug-likeness (QED) is 0.315. The predicted molar refractivity (Wildman–Crippen MR) is 109 cm³/mol. The highest BCUT2D eigenvalue weighted by Crippen LogP contribution is 2.33. The highest BCUT2D eigenvalue weighted by molar-refractivity contribution is 5.95. The number of aryl methyl sites for hydroxylation is 1. The SMILES string of the molecule is Cc1c(Nc2nccc(-c3cn(C)c4ccccc34)n2)ccc(N)c1[N+](=O)[O-]. The minimum Gasteiger partial charge on any atom is -0.393 e. The molecule has 4 rings (SSSR count). The zero-order chi connectivity index (χ0) is 19.8. The Labute approximate surface area is 160 Å². The van der Waals surface area contributed by atoms with Gasteiger partial charge in [-0.2, -0.15) is 0 Å². The number of hydrogen-bond donors (Lipinski definition) is 2. The van der Waals surface area contributed by atoms with E-state index in [4.69, 9.17) is 5.73 Å². The van der Waals surface area contributed by atoms with Gasteiger partial charge in [0, 0.05) is 35.9 Å². The van der Waals surface area contributed by atoms with Gasteiger partial charge in [-0.05, 0) is 31.2 Å². The van der Waals surface area contributed by atoms with Gasteiger partial charge in [-0.1, -0.05) is 18.2 Å². The van der Waals surface area contributed by atoms with Crippen LogP contribution in [-0.2, 0) is 7.05 Å². The first-order chi connectivity index (χ1) is 13.5. The molecular formula is C20H18N6O2. The van der Waals surface area contributed by atoms with Crippen molar-refractivity contribution in [2.45, 2.75) is 6.92 Å². The summed E-state index contributed by atoms with van der Waals surface area (Å²) in [5, 5.41) is 15.4. The summed E-state index contributed by atoms with van der Waals surface area (Å²) in [5.41, 5.74) is 9.57. The van der Waals surface area contributed by atoms with E-state index >= 15 is 0 Å². The molecule has 140 valence electrons. The lowest BCUT2D eigenvalue weighted by molar-refractivity contribution is -0.384. The molecule has 2 aromatic heterocycles. The first-order valence-corrected chi connectivity index (χ1v) is 8.63. The Morgan fingerprint density at radius 2 is 1.96 bits per heavy atom. The van der Waals surface area contributed by atoms with Crippen LogP contribution >= 0.6 is 0 Å². The molecule has 2 aromatic carbocycles. The monoisotopic (exact) mass is 374 g/mol. The Morgan fingerprint density at radius 3 is 2.75 bits per heavy atom. The first-order valence-electron chi connectivity index (χ1n) is 8.63. The van der Waals surface area contributed by atoms with Gasteiger partial charge < -0.3 is 15.6 Å². The van der Waals surface area contributed by atoms with Crippen LogP contribution in [-0.4, -0.2) is 19.5 Å². The molecule has 0 aliphatic rings. The molecule has 0 aliphatic carbocycles. The molecule has 28 heavy (non-hydrogen) atoms. The van der Waals surface area contributed by atoms with E-state index in [1.54, 1.807) is 19.2 Å². The van der Waals surface area contributed by atoms with Crippen molar-refractivity contribution in [1.82, 2.24) is 14.5 Å². The number of nitrogens with one attached hydrogen (secondary N) is 1. The van der Waals surface area contributed by atoms with E-state index in [0.29, 0.717) is 17.2 Å². The maximum Gasteiger partial charge on any atom is 0.297 e. The number of nitrogens with two attached hydrogens (primary N) is 1. The number of nitro benzene ring substituents is 1. The Morgan fingerprint density at radius 1 is 1.18 bits per heavy atom. The van der Waals surface area contributed by atoms with Gasteiger partial charge in [0.15, 0.2) is 0 Å². The second-order valence-corrected chi connectivity index (χ2v) is 6.49. The second kappa shape index (κ2) is 6.66. The number of nitrogens with zero attached hydrogens (tertiary/aromatic N) is 4. The molecule has 0 saturated carbocycles. The molecule has 3 N–H and O–H groups in total. The lowest BCUT2D eigenvalue weighted by Crippen LogP contribution is -2.03. The third kappa shape index (κ3) is 2.90. The molecule has 0 aliphatic heterocycles. The Bertz CT molecular complexity index is 1210. The molecule has 2 heterocycles. The third-order valence-corrected chi connectivity index (χ3v) is 4.72. The molecule has 0 saturated heterocycles. The number of benzene rings is 2. The largest absolute Gasteiger partial charge is 0.393 e. The fourth-order valence-electron chi connectivity index (χ4n) is 3.33.